The first-order valence-corrected chi connectivity index (χ1v) is 7.30. The van der Waals surface area contributed by atoms with Gasteiger partial charge in [0.25, 0.3) is 0 Å². The predicted molar refractivity (Wildman–Crippen MR) is 85.5 cm³/mol. The fourth-order valence-electron chi connectivity index (χ4n) is 2.37. The minimum Gasteiger partial charge on any atom is -0.324 e. The van der Waals surface area contributed by atoms with Crippen LogP contribution in [0.25, 0.3) is 0 Å². The van der Waals surface area contributed by atoms with Gasteiger partial charge in [0.05, 0.1) is 0 Å². The number of benzene rings is 2. The smallest absolute Gasteiger partial charge is 0.127 e. The van der Waals surface area contributed by atoms with E-state index in [9.17, 15) is 4.39 Å². The van der Waals surface area contributed by atoms with E-state index < -0.39 is 0 Å². The Morgan fingerprint density at radius 3 is 2.43 bits per heavy atom. The Morgan fingerprint density at radius 2 is 1.76 bits per heavy atom. The number of hydrogen-bond donors (Lipinski definition) is 1. The molecule has 1 unspecified atom stereocenters. The van der Waals surface area contributed by atoms with Gasteiger partial charge >= 0.3 is 0 Å². The van der Waals surface area contributed by atoms with Crippen molar-refractivity contribution in [3.8, 4) is 0 Å². The quantitative estimate of drug-likeness (QED) is 0.878. The van der Waals surface area contributed by atoms with E-state index in [0.717, 1.165) is 19.5 Å². The number of aryl methyl sites for hydroxylation is 1. The Balaban J connectivity index is 1.85. The first kappa shape index (κ1) is 15.7. The highest BCUT2D eigenvalue weighted by Crippen LogP contribution is 2.18. The molecule has 0 aliphatic heterocycles. The molecule has 0 aliphatic rings. The fourth-order valence-corrected chi connectivity index (χ4v) is 2.37. The van der Waals surface area contributed by atoms with Crippen LogP contribution in [0, 0.1) is 12.7 Å². The average Bonchev–Trinajstić information content (AvgIpc) is 2.48. The summed E-state index contributed by atoms with van der Waals surface area (Å²) in [5.74, 6) is -0.216. The topological polar surface area (TPSA) is 29.3 Å². The molecule has 1 atom stereocenters. The van der Waals surface area contributed by atoms with Crippen LogP contribution in [0.3, 0.4) is 0 Å². The third-order valence-corrected chi connectivity index (χ3v) is 3.70. The van der Waals surface area contributed by atoms with Gasteiger partial charge in [-0.05, 0) is 38.6 Å². The largest absolute Gasteiger partial charge is 0.324 e. The number of rotatable bonds is 6. The normalized spacial score (nSPS) is 12.6. The van der Waals surface area contributed by atoms with Gasteiger partial charge in [-0.1, -0.05) is 48.0 Å². The molecule has 2 aromatic carbocycles. The molecular formula is C18H23FN2. The first-order chi connectivity index (χ1) is 10.1. The van der Waals surface area contributed by atoms with Crippen molar-refractivity contribution in [2.75, 3.05) is 13.6 Å². The van der Waals surface area contributed by atoms with Crippen LogP contribution in [0.5, 0.6) is 0 Å². The molecule has 0 fully saturated rings. The van der Waals surface area contributed by atoms with Crippen molar-refractivity contribution in [3.05, 3.63) is 71.0 Å². The van der Waals surface area contributed by atoms with Crippen molar-refractivity contribution in [1.82, 2.24) is 4.90 Å². The summed E-state index contributed by atoms with van der Waals surface area (Å²) in [4.78, 5) is 2.21. The van der Waals surface area contributed by atoms with Gasteiger partial charge in [0.15, 0.2) is 0 Å². The van der Waals surface area contributed by atoms with Crippen molar-refractivity contribution in [3.63, 3.8) is 0 Å². The highest BCUT2D eigenvalue weighted by Gasteiger charge is 2.11. The molecule has 0 amide bonds. The standard InChI is InChI=1S/C18H23FN2/c1-14-7-9-15(10-8-14)13-21(2)12-11-18(20)16-5-3-4-6-17(16)19/h3-10,18H,11-13,20H2,1-2H3. The Kier molecular flexibility index (Phi) is 5.48. The zero-order valence-corrected chi connectivity index (χ0v) is 12.7. The predicted octanol–water partition coefficient (Wildman–Crippen LogP) is 3.66. The van der Waals surface area contributed by atoms with E-state index in [1.807, 2.05) is 6.07 Å². The second-order valence-electron chi connectivity index (χ2n) is 5.64. The second kappa shape index (κ2) is 7.34. The summed E-state index contributed by atoms with van der Waals surface area (Å²) in [7, 11) is 2.06. The van der Waals surface area contributed by atoms with Crippen LogP contribution >= 0.6 is 0 Å². The molecule has 2 N–H and O–H groups in total. The molecular weight excluding hydrogens is 263 g/mol. The molecule has 21 heavy (non-hydrogen) atoms. The van der Waals surface area contributed by atoms with Crippen LogP contribution in [-0.4, -0.2) is 18.5 Å². The van der Waals surface area contributed by atoms with Gasteiger partial charge < -0.3 is 10.6 Å². The van der Waals surface area contributed by atoms with E-state index >= 15 is 0 Å². The Labute approximate surface area is 126 Å². The van der Waals surface area contributed by atoms with Crippen LogP contribution in [0.2, 0.25) is 0 Å². The van der Waals surface area contributed by atoms with E-state index in [-0.39, 0.29) is 11.9 Å². The van der Waals surface area contributed by atoms with Gasteiger partial charge in [0.2, 0.25) is 0 Å². The van der Waals surface area contributed by atoms with E-state index in [0.29, 0.717) is 5.56 Å². The Hall–Kier alpha value is -1.71. The van der Waals surface area contributed by atoms with Crippen molar-refractivity contribution in [1.29, 1.82) is 0 Å². The van der Waals surface area contributed by atoms with Gasteiger partial charge in [0, 0.05) is 18.2 Å². The van der Waals surface area contributed by atoms with Crippen LogP contribution < -0.4 is 5.73 Å². The lowest BCUT2D eigenvalue weighted by atomic mass is 10.0. The first-order valence-electron chi connectivity index (χ1n) is 7.30. The van der Waals surface area contributed by atoms with Crippen LogP contribution in [0.15, 0.2) is 48.5 Å². The molecule has 0 spiro atoms. The molecule has 0 saturated carbocycles. The molecule has 3 heteroatoms. The summed E-state index contributed by atoms with van der Waals surface area (Å²) < 4.78 is 13.7. The molecule has 0 radical (unpaired) electrons. The molecule has 2 aromatic rings. The minimum absolute atomic E-state index is 0.216. The van der Waals surface area contributed by atoms with E-state index in [1.165, 1.54) is 17.2 Å². The molecule has 2 nitrogen and oxygen atoms in total. The fraction of sp³-hybridized carbons (Fsp3) is 0.333. The van der Waals surface area contributed by atoms with E-state index in [4.69, 9.17) is 5.73 Å². The van der Waals surface area contributed by atoms with Gasteiger partial charge in [-0.3, -0.25) is 0 Å². The maximum atomic E-state index is 13.7. The lowest BCUT2D eigenvalue weighted by Gasteiger charge is -2.20. The molecule has 0 saturated heterocycles. The van der Waals surface area contributed by atoms with Crippen molar-refractivity contribution in [2.45, 2.75) is 25.9 Å². The van der Waals surface area contributed by atoms with Gasteiger partial charge in [0.1, 0.15) is 5.82 Å². The molecule has 112 valence electrons. The maximum Gasteiger partial charge on any atom is 0.127 e. The summed E-state index contributed by atoms with van der Waals surface area (Å²) in [6.45, 7) is 3.80. The van der Waals surface area contributed by atoms with Crippen molar-refractivity contribution >= 4 is 0 Å². The van der Waals surface area contributed by atoms with Crippen LogP contribution in [-0.2, 0) is 6.54 Å². The molecule has 0 aliphatic carbocycles. The van der Waals surface area contributed by atoms with Crippen molar-refractivity contribution in [2.24, 2.45) is 5.73 Å². The third-order valence-electron chi connectivity index (χ3n) is 3.70. The summed E-state index contributed by atoms with van der Waals surface area (Å²) in [6.07, 6.45) is 0.739. The summed E-state index contributed by atoms with van der Waals surface area (Å²) in [5, 5.41) is 0. The van der Waals surface area contributed by atoms with Crippen LogP contribution in [0.4, 0.5) is 4.39 Å². The second-order valence-corrected chi connectivity index (χ2v) is 5.64. The molecule has 0 heterocycles. The minimum atomic E-state index is -0.258. The van der Waals surface area contributed by atoms with Crippen LogP contribution in [0.1, 0.15) is 29.2 Å². The average molecular weight is 286 g/mol. The molecule has 0 aromatic heterocycles. The van der Waals surface area contributed by atoms with Gasteiger partial charge in [-0.2, -0.15) is 0 Å². The Bertz CT molecular complexity index is 566. The lowest BCUT2D eigenvalue weighted by molar-refractivity contribution is 0.310. The van der Waals surface area contributed by atoms with Crippen molar-refractivity contribution < 1.29 is 4.39 Å². The monoisotopic (exact) mass is 286 g/mol. The molecule has 0 bridgehead atoms. The number of nitrogens with zero attached hydrogens (tertiary/aromatic N) is 1. The number of halogens is 1. The SMILES string of the molecule is Cc1ccc(CN(C)CCC(N)c2ccccc2F)cc1. The lowest BCUT2D eigenvalue weighted by Crippen LogP contribution is -2.23. The van der Waals surface area contributed by atoms with E-state index in [1.54, 1.807) is 12.1 Å². The molecule has 2 rings (SSSR count). The van der Waals surface area contributed by atoms with E-state index in [2.05, 4.69) is 43.1 Å². The summed E-state index contributed by atoms with van der Waals surface area (Å²) in [6, 6.07) is 15.0. The zero-order chi connectivity index (χ0) is 15.2. The third kappa shape index (κ3) is 4.66. The number of hydrogen-bond acceptors (Lipinski definition) is 2. The zero-order valence-electron chi connectivity index (χ0n) is 12.7. The highest BCUT2D eigenvalue weighted by atomic mass is 19.1. The maximum absolute atomic E-state index is 13.7. The number of nitrogens with two attached hydrogens (primary N) is 1. The Morgan fingerprint density at radius 1 is 1.10 bits per heavy atom. The summed E-state index contributed by atoms with van der Waals surface area (Å²) in [5.41, 5.74) is 9.24. The highest BCUT2D eigenvalue weighted by molar-refractivity contribution is 5.22. The van der Waals surface area contributed by atoms with Gasteiger partial charge in [-0.25, -0.2) is 4.39 Å². The van der Waals surface area contributed by atoms with Gasteiger partial charge in [-0.15, -0.1) is 0 Å². The summed E-state index contributed by atoms with van der Waals surface area (Å²) >= 11 is 0.